The van der Waals surface area contributed by atoms with E-state index < -0.39 is 11.9 Å². The highest BCUT2D eigenvalue weighted by Crippen LogP contribution is 2.27. The van der Waals surface area contributed by atoms with Gasteiger partial charge in [0.15, 0.2) is 0 Å². The molecule has 0 aliphatic rings. The fourth-order valence-electron chi connectivity index (χ4n) is 1.75. The van der Waals surface area contributed by atoms with Gasteiger partial charge in [-0.05, 0) is 29.3 Å². The van der Waals surface area contributed by atoms with Crippen LogP contribution in [0.4, 0.5) is 4.39 Å². The third-order valence-electron chi connectivity index (χ3n) is 2.69. The Kier molecular flexibility index (Phi) is 4.38. The van der Waals surface area contributed by atoms with E-state index >= 15 is 0 Å². The lowest BCUT2D eigenvalue weighted by molar-refractivity contribution is 0.176. The molecule has 2 aromatic rings. The Bertz CT molecular complexity index is 559. The van der Waals surface area contributed by atoms with E-state index in [1.165, 1.54) is 6.07 Å². The molecule has 0 spiro atoms. The molecule has 1 N–H and O–H groups in total. The molecule has 94 valence electrons. The maximum atomic E-state index is 13.6. The van der Waals surface area contributed by atoms with Gasteiger partial charge in [-0.3, -0.25) is 0 Å². The Morgan fingerprint density at radius 3 is 2.61 bits per heavy atom. The fourth-order valence-corrected chi connectivity index (χ4v) is 2.46. The second kappa shape index (κ2) is 5.83. The first kappa shape index (κ1) is 13.5. The molecule has 2 aromatic carbocycles. The van der Waals surface area contributed by atoms with Crippen LogP contribution in [0.2, 0.25) is 5.02 Å². The number of rotatable bonds is 3. The average molecular weight is 330 g/mol. The molecule has 0 amide bonds. The molecule has 0 bridgehead atoms. The molecule has 0 saturated heterocycles. The number of hydrogen-bond acceptors (Lipinski definition) is 1. The first-order valence-electron chi connectivity index (χ1n) is 5.44. The predicted molar refractivity (Wildman–Crippen MR) is 74.2 cm³/mol. The van der Waals surface area contributed by atoms with Crippen molar-refractivity contribution in [1.29, 1.82) is 0 Å². The van der Waals surface area contributed by atoms with Gasteiger partial charge in [-0.15, -0.1) is 0 Å². The minimum atomic E-state index is -0.753. The van der Waals surface area contributed by atoms with Crippen LogP contribution in [0.3, 0.4) is 0 Å². The molecule has 1 atom stereocenters. The van der Waals surface area contributed by atoms with Crippen LogP contribution >= 0.6 is 27.5 Å². The molecule has 0 aliphatic heterocycles. The van der Waals surface area contributed by atoms with Crippen molar-refractivity contribution in [3.63, 3.8) is 0 Å². The summed E-state index contributed by atoms with van der Waals surface area (Å²) < 4.78 is 14.4. The summed E-state index contributed by atoms with van der Waals surface area (Å²) in [4.78, 5) is 0. The normalized spacial score (nSPS) is 12.4. The van der Waals surface area contributed by atoms with Gasteiger partial charge in [0.2, 0.25) is 0 Å². The van der Waals surface area contributed by atoms with E-state index in [1.54, 1.807) is 12.1 Å². The maximum Gasteiger partial charge on any atom is 0.127 e. The van der Waals surface area contributed by atoms with Crippen molar-refractivity contribution in [2.45, 2.75) is 12.5 Å². The second-order valence-electron chi connectivity index (χ2n) is 3.98. The van der Waals surface area contributed by atoms with Crippen LogP contribution in [0.5, 0.6) is 0 Å². The summed E-state index contributed by atoms with van der Waals surface area (Å²) in [7, 11) is 0. The average Bonchev–Trinajstić information content (AvgIpc) is 2.33. The van der Waals surface area contributed by atoms with Crippen molar-refractivity contribution in [3.8, 4) is 0 Å². The van der Waals surface area contributed by atoms with Crippen LogP contribution in [0.25, 0.3) is 0 Å². The van der Waals surface area contributed by atoms with Crippen LogP contribution < -0.4 is 0 Å². The van der Waals surface area contributed by atoms with Gasteiger partial charge in [0.1, 0.15) is 5.82 Å². The first-order valence-corrected chi connectivity index (χ1v) is 6.61. The molecule has 2 rings (SSSR count). The smallest absolute Gasteiger partial charge is 0.127 e. The Balaban J connectivity index is 2.21. The van der Waals surface area contributed by atoms with Crippen LogP contribution in [-0.4, -0.2) is 5.11 Å². The molecule has 18 heavy (non-hydrogen) atoms. The molecule has 0 aromatic heterocycles. The minimum absolute atomic E-state index is 0.214. The highest BCUT2D eigenvalue weighted by Gasteiger charge is 2.14. The van der Waals surface area contributed by atoms with Crippen LogP contribution in [0, 0.1) is 5.82 Å². The molecule has 0 fully saturated rings. The monoisotopic (exact) mass is 328 g/mol. The lowest BCUT2D eigenvalue weighted by atomic mass is 10.0. The van der Waals surface area contributed by atoms with E-state index in [0.29, 0.717) is 10.6 Å². The molecule has 1 unspecified atom stereocenters. The number of hydrogen-bond donors (Lipinski definition) is 1. The zero-order valence-corrected chi connectivity index (χ0v) is 11.7. The summed E-state index contributed by atoms with van der Waals surface area (Å²) in [5.41, 5.74) is 1.19. The van der Waals surface area contributed by atoms with E-state index in [0.717, 1.165) is 10.0 Å². The second-order valence-corrected chi connectivity index (χ2v) is 5.27. The van der Waals surface area contributed by atoms with Gasteiger partial charge >= 0.3 is 0 Å². The third kappa shape index (κ3) is 3.10. The SMILES string of the molecule is OC(Cc1ccc(Cl)cc1F)c1ccccc1Br. The van der Waals surface area contributed by atoms with Crippen molar-refractivity contribution in [1.82, 2.24) is 0 Å². The number of halogens is 3. The van der Waals surface area contributed by atoms with E-state index in [-0.39, 0.29) is 6.42 Å². The van der Waals surface area contributed by atoms with Crippen molar-refractivity contribution in [3.05, 3.63) is 68.9 Å². The molecule has 0 saturated carbocycles. The molecule has 0 aliphatic carbocycles. The Morgan fingerprint density at radius 1 is 1.22 bits per heavy atom. The van der Waals surface area contributed by atoms with Crippen molar-refractivity contribution < 1.29 is 9.50 Å². The number of benzene rings is 2. The summed E-state index contributed by atoms with van der Waals surface area (Å²) in [6, 6.07) is 11.8. The van der Waals surface area contributed by atoms with Crippen LogP contribution in [-0.2, 0) is 6.42 Å². The van der Waals surface area contributed by atoms with E-state index in [9.17, 15) is 9.50 Å². The molecule has 4 heteroatoms. The summed E-state index contributed by atoms with van der Waals surface area (Å²) in [6.07, 6.45) is -0.540. The van der Waals surface area contributed by atoms with Gasteiger partial charge in [-0.25, -0.2) is 4.39 Å². The summed E-state index contributed by atoms with van der Waals surface area (Å²) in [5, 5.41) is 10.5. The first-order chi connectivity index (χ1) is 8.58. The topological polar surface area (TPSA) is 20.2 Å². The standard InChI is InChI=1S/C14H11BrClFO/c15-12-4-2-1-3-11(12)14(18)7-9-5-6-10(16)8-13(9)17/h1-6,8,14,18H,7H2. The quantitative estimate of drug-likeness (QED) is 0.878. The van der Waals surface area contributed by atoms with E-state index in [4.69, 9.17) is 11.6 Å². The van der Waals surface area contributed by atoms with Crippen molar-refractivity contribution in [2.24, 2.45) is 0 Å². The number of aliphatic hydroxyl groups is 1. The summed E-state index contributed by atoms with van der Waals surface area (Å²) >= 11 is 9.05. The van der Waals surface area contributed by atoms with Crippen molar-refractivity contribution >= 4 is 27.5 Å². The Morgan fingerprint density at radius 2 is 1.94 bits per heavy atom. The van der Waals surface area contributed by atoms with Gasteiger partial charge < -0.3 is 5.11 Å². The van der Waals surface area contributed by atoms with Crippen molar-refractivity contribution in [2.75, 3.05) is 0 Å². The Labute approximate surface area is 118 Å². The molecule has 1 nitrogen and oxygen atoms in total. The highest BCUT2D eigenvalue weighted by molar-refractivity contribution is 9.10. The fraction of sp³-hybridized carbons (Fsp3) is 0.143. The third-order valence-corrected chi connectivity index (χ3v) is 3.65. The highest BCUT2D eigenvalue weighted by atomic mass is 79.9. The molecule has 0 heterocycles. The van der Waals surface area contributed by atoms with Gasteiger partial charge in [-0.1, -0.05) is 51.8 Å². The summed E-state index contributed by atoms with van der Waals surface area (Å²) in [6.45, 7) is 0. The van der Waals surface area contributed by atoms with Gasteiger partial charge in [0, 0.05) is 15.9 Å². The Hall–Kier alpha value is -0.900. The lowest BCUT2D eigenvalue weighted by Crippen LogP contribution is -2.04. The van der Waals surface area contributed by atoms with E-state index in [2.05, 4.69) is 15.9 Å². The van der Waals surface area contributed by atoms with Gasteiger partial charge in [0.25, 0.3) is 0 Å². The van der Waals surface area contributed by atoms with Gasteiger partial charge in [-0.2, -0.15) is 0 Å². The summed E-state index contributed by atoms with van der Waals surface area (Å²) in [5.74, 6) is -0.395. The lowest BCUT2D eigenvalue weighted by Gasteiger charge is -2.13. The minimum Gasteiger partial charge on any atom is -0.388 e. The molecular formula is C14H11BrClFO. The van der Waals surface area contributed by atoms with Crippen LogP contribution in [0.1, 0.15) is 17.2 Å². The largest absolute Gasteiger partial charge is 0.388 e. The predicted octanol–water partition coefficient (Wildman–Crippen LogP) is 4.52. The maximum absolute atomic E-state index is 13.6. The van der Waals surface area contributed by atoms with Crippen LogP contribution in [0.15, 0.2) is 46.9 Å². The molecule has 0 radical (unpaired) electrons. The number of aliphatic hydroxyl groups excluding tert-OH is 1. The van der Waals surface area contributed by atoms with Gasteiger partial charge in [0.05, 0.1) is 6.10 Å². The molecular weight excluding hydrogens is 319 g/mol. The van der Waals surface area contributed by atoms with E-state index in [1.807, 2.05) is 24.3 Å². The zero-order valence-electron chi connectivity index (χ0n) is 9.41. The zero-order chi connectivity index (χ0) is 13.1.